The molecule has 1 saturated heterocycles. The normalized spacial score (nSPS) is 14.7. The smallest absolute Gasteiger partial charge is 0.353 e. The van der Waals surface area contributed by atoms with E-state index in [1.807, 2.05) is 13.8 Å². The summed E-state index contributed by atoms with van der Waals surface area (Å²) < 4.78 is 173. The van der Waals surface area contributed by atoms with Gasteiger partial charge in [-0.15, -0.1) is 0 Å². The molecule has 0 aromatic heterocycles. The zero-order chi connectivity index (χ0) is 56.1. The third-order valence-corrected chi connectivity index (χ3v) is 18.7. The maximum atomic E-state index is 14.8. The van der Waals surface area contributed by atoms with Crippen molar-refractivity contribution in [2.24, 2.45) is 5.92 Å². The summed E-state index contributed by atoms with van der Waals surface area (Å²) in [7, 11) is -6.86. The van der Waals surface area contributed by atoms with Crippen molar-refractivity contribution in [3.8, 4) is 0 Å². The van der Waals surface area contributed by atoms with Crippen molar-refractivity contribution in [1.29, 1.82) is 0 Å². The molecular weight excluding hydrogens is 1060 g/mol. The molecule has 412 valence electrons. The average Bonchev–Trinajstić information content (AvgIpc) is 3.87. The van der Waals surface area contributed by atoms with Crippen LogP contribution >= 0.6 is 22.8 Å². The molecular formula is C55H63F6O12P3. The van der Waals surface area contributed by atoms with Gasteiger partial charge in [0.15, 0.2) is 0 Å². The minimum Gasteiger partial charge on any atom is -0.353 e. The van der Waals surface area contributed by atoms with Crippen LogP contribution in [0.25, 0.3) is 0 Å². The molecule has 1 fully saturated rings. The molecule has 0 aliphatic carbocycles. The molecule has 1 aliphatic rings. The summed E-state index contributed by atoms with van der Waals surface area (Å²) in [6, 6.07) is 32.6. The lowest BCUT2D eigenvalue weighted by atomic mass is 9.99. The van der Waals surface area contributed by atoms with Crippen LogP contribution in [-0.4, -0.2) is 60.5 Å². The Labute approximate surface area is 440 Å². The number of benzene rings is 6. The minimum absolute atomic E-state index is 0.000656. The van der Waals surface area contributed by atoms with Crippen LogP contribution in [0.15, 0.2) is 146 Å². The van der Waals surface area contributed by atoms with Crippen molar-refractivity contribution in [2.45, 2.75) is 69.8 Å². The van der Waals surface area contributed by atoms with E-state index in [0.717, 1.165) is 0 Å². The van der Waals surface area contributed by atoms with Crippen molar-refractivity contribution in [3.63, 3.8) is 0 Å². The fourth-order valence-corrected chi connectivity index (χ4v) is 14.5. The summed E-state index contributed by atoms with van der Waals surface area (Å²) in [5.41, 5.74) is 1.86. The van der Waals surface area contributed by atoms with Gasteiger partial charge in [0.2, 0.25) is 16.0 Å². The highest BCUT2D eigenvalue weighted by Gasteiger charge is 2.59. The number of halogens is 6. The monoisotopic (exact) mass is 1120 g/mol. The van der Waals surface area contributed by atoms with Gasteiger partial charge in [-0.25, -0.2) is 26.3 Å². The van der Waals surface area contributed by atoms with Crippen LogP contribution in [0.5, 0.6) is 0 Å². The highest BCUT2D eigenvalue weighted by atomic mass is 31.2. The maximum absolute atomic E-state index is 14.8. The molecule has 7 rings (SSSR count). The van der Waals surface area contributed by atoms with Gasteiger partial charge in [0.05, 0.1) is 32.0 Å². The van der Waals surface area contributed by atoms with Gasteiger partial charge in [0.1, 0.15) is 34.9 Å². The van der Waals surface area contributed by atoms with Crippen LogP contribution in [0.3, 0.4) is 0 Å². The van der Waals surface area contributed by atoms with E-state index in [2.05, 4.69) is 0 Å². The predicted molar refractivity (Wildman–Crippen MR) is 277 cm³/mol. The highest BCUT2D eigenvalue weighted by Crippen LogP contribution is 2.71. The molecule has 1 heterocycles. The Kier molecular flexibility index (Phi) is 21.8. The fraction of sp³-hybridized carbons (Fsp3) is 0.345. The van der Waals surface area contributed by atoms with Gasteiger partial charge in [0.25, 0.3) is 0 Å². The van der Waals surface area contributed by atoms with E-state index in [-0.39, 0.29) is 49.1 Å². The maximum Gasteiger partial charge on any atom is 0.371 e. The van der Waals surface area contributed by atoms with E-state index in [0.29, 0.717) is 22.3 Å². The molecule has 12 nitrogen and oxygen atoms in total. The number of rotatable bonds is 20. The Morgan fingerprint density at radius 2 is 0.789 bits per heavy atom. The first-order valence-electron chi connectivity index (χ1n) is 23.8. The van der Waals surface area contributed by atoms with Gasteiger partial charge >= 0.3 is 22.8 Å². The van der Waals surface area contributed by atoms with Gasteiger partial charge in [-0.2, -0.15) is 0 Å². The van der Waals surface area contributed by atoms with Gasteiger partial charge < -0.3 is 41.4 Å². The second kappa shape index (κ2) is 26.7. The molecule has 0 bridgehead atoms. The Balaban J connectivity index is 0.000000211. The first kappa shape index (κ1) is 62.1. The summed E-state index contributed by atoms with van der Waals surface area (Å²) in [5, 5.41) is -5.16. The van der Waals surface area contributed by atoms with Crippen molar-refractivity contribution in [2.75, 3.05) is 48.3 Å². The van der Waals surface area contributed by atoms with E-state index >= 15 is 0 Å². The largest absolute Gasteiger partial charge is 0.371 e. The van der Waals surface area contributed by atoms with Crippen LogP contribution in [0.2, 0.25) is 0 Å². The average molecular weight is 1120 g/mol. The second-order valence-corrected chi connectivity index (χ2v) is 24.7. The summed E-state index contributed by atoms with van der Waals surface area (Å²) in [4.78, 5) is 0. The first-order chi connectivity index (χ1) is 36.0. The fourth-order valence-electron chi connectivity index (χ4n) is 8.35. The number of ether oxygens (including phenoxy) is 3. The predicted octanol–water partition coefficient (Wildman–Crippen LogP) is 15.2. The third kappa shape index (κ3) is 13.2. The van der Waals surface area contributed by atoms with Gasteiger partial charge in [-0.05, 0) is 100 Å². The van der Waals surface area contributed by atoms with Crippen molar-refractivity contribution >= 4 is 22.8 Å². The quantitative estimate of drug-likeness (QED) is 0.0532. The molecule has 0 saturated carbocycles. The lowest BCUT2D eigenvalue weighted by molar-refractivity contribution is -0.0215. The number of hydrogen-bond donors (Lipinski definition) is 0. The van der Waals surface area contributed by atoms with E-state index < -0.39 is 73.7 Å². The standard InChI is InChI=1S/C19H23F2O4P.C18H19F2O4P.C18H21F2O4P/c1-14(2)13-25-19(26(22,23-3)24-4,15-9-11-16(20)12-10-15)17-7-5-6-8-18(17)21;1-13(2)24-18(25(21)22-11-12-23-25,14-3-7-16(19)8-4-14)15-5-9-17(20)10-6-15;1-13(2)24-18(25(21,22-3)23-4,14-5-9-16(19)10-6-14)15-7-11-17(20)12-8-15/h5-12,14H,13H2,1-4H3;3-10,13H,11-12H2,1-2H3;5-13H,1-4H3. The molecule has 1 unspecified atom stereocenters. The lowest BCUT2D eigenvalue weighted by Gasteiger charge is -2.39. The zero-order valence-electron chi connectivity index (χ0n) is 43.7. The molecule has 76 heavy (non-hydrogen) atoms. The molecule has 6 aromatic carbocycles. The Hall–Kier alpha value is -4.77. The van der Waals surface area contributed by atoms with E-state index in [9.17, 15) is 40.0 Å². The van der Waals surface area contributed by atoms with Gasteiger partial charge in [-0.1, -0.05) is 92.7 Å². The van der Waals surface area contributed by atoms with Gasteiger partial charge in [0, 0.05) is 61.8 Å². The molecule has 1 atom stereocenters. The Morgan fingerprint density at radius 3 is 1.11 bits per heavy atom. The Morgan fingerprint density at radius 1 is 0.474 bits per heavy atom. The molecule has 0 radical (unpaired) electrons. The van der Waals surface area contributed by atoms with Crippen LogP contribution in [0.1, 0.15) is 74.9 Å². The van der Waals surface area contributed by atoms with Crippen LogP contribution < -0.4 is 0 Å². The van der Waals surface area contributed by atoms with Crippen LogP contribution in [0, 0.1) is 40.8 Å². The summed E-state index contributed by atoms with van der Waals surface area (Å²) in [5.74, 6) is -2.83. The summed E-state index contributed by atoms with van der Waals surface area (Å²) >= 11 is 0. The molecule has 0 spiro atoms. The zero-order valence-corrected chi connectivity index (χ0v) is 46.4. The first-order valence-corrected chi connectivity index (χ1v) is 28.5. The van der Waals surface area contributed by atoms with Crippen LogP contribution in [0.4, 0.5) is 26.3 Å². The lowest BCUT2D eigenvalue weighted by Crippen LogP contribution is -2.35. The van der Waals surface area contributed by atoms with Crippen LogP contribution in [-0.2, 0) is 71.1 Å². The SMILES string of the molecule is CC(C)OC(c1ccc(F)cc1)(c1ccc(F)cc1)P1(=O)OCCO1.COP(=O)(OC)C(OC(C)C)(c1ccc(F)cc1)c1ccc(F)cc1.COP(=O)(OC)C(OCC(C)C)(c1ccc(F)cc1)c1ccccc1F. The molecule has 6 aromatic rings. The van der Waals surface area contributed by atoms with Crippen molar-refractivity contribution in [3.05, 3.63) is 214 Å². The summed E-state index contributed by atoms with van der Waals surface area (Å²) in [6.07, 6.45) is -0.734. The summed E-state index contributed by atoms with van der Waals surface area (Å²) in [6.45, 7) is 11.4. The van der Waals surface area contributed by atoms with Crippen molar-refractivity contribution in [1.82, 2.24) is 0 Å². The Bertz CT molecular complexity index is 2700. The molecule has 1 aliphatic heterocycles. The molecule has 0 N–H and O–H groups in total. The second-order valence-electron chi connectivity index (χ2n) is 17.9. The van der Waals surface area contributed by atoms with E-state index in [1.54, 1.807) is 33.8 Å². The number of hydrogen-bond acceptors (Lipinski definition) is 12. The van der Waals surface area contributed by atoms with E-state index in [4.69, 9.17) is 41.4 Å². The van der Waals surface area contributed by atoms with E-state index in [1.165, 1.54) is 168 Å². The minimum atomic E-state index is -4.05. The molecule has 21 heteroatoms. The topological polar surface area (TPSA) is 134 Å². The van der Waals surface area contributed by atoms with Gasteiger partial charge in [-0.3, -0.25) is 13.7 Å². The third-order valence-electron chi connectivity index (χ3n) is 11.6. The molecule has 0 amide bonds. The highest BCUT2D eigenvalue weighted by molar-refractivity contribution is 7.56. The van der Waals surface area contributed by atoms with Crippen molar-refractivity contribution < 1.29 is 81.4 Å².